The van der Waals surface area contributed by atoms with Gasteiger partial charge >= 0.3 is 0 Å². The fourth-order valence-electron chi connectivity index (χ4n) is 3.40. The lowest BCUT2D eigenvalue weighted by Crippen LogP contribution is -2.35. The second-order valence-corrected chi connectivity index (χ2v) is 7.25. The normalized spacial score (nSPS) is 17.6. The smallest absolute Gasteiger partial charge is 0.227 e. The van der Waals surface area contributed by atoms with Gasteiger partial charge in [0.2, 0.25) is 5.95 Å². The van der Waals surface area contributed by atoms with Crippen LogP contribution in [0.15, 0.2) is 36.4 Å². The highest BCUT2D eigenvalue weighted by molar-refractivity contribution is 5.65. The van der Waals surface area contributed by atoms with Gasteiger partial charge < -0.3 is 9.80 Å². The molecule has 1 aromatic carbocycles. The minimum Gasteiger partial charge on any atom is -0.356 e. The summed E-state index contributed by atoms with van der Waals surface area (Å²) in [5, 5.41) is 0. The lowest BCUT2D eigenvalue weighted by Gasteiger charge is -2.32. The molecule has 1 fully saturated rings. The van der Waals surface area contributed by atoms with E-state index in [1.54, 1.807) is 0 Å². The summed E-state index contributed by atoms with van der Waals surface area (Å²) in [7, 11) is 2.10. The zero-order chi connectivity index (χ0) is 17.6. The number of hydrogen-bond acceptors (Lipinski definition) is 4. The third-order valence-electron chi connectivity index (χ3n) is 4.94. The summed E-state index contributed by atoms with van der Waals surface area (Å²) in [6.07, 6.45) is 4.90. The van der Waals surface area contributed by atoms with Crippen LogP contribution in [0.1, 0.15) is 39.5 Å². The minimum atomic E-state index is 0.727. The molecule has 2 heterocycles. The molecular weight excluding hydrogens is 308 g/mol. The number of nitrogens with zero attached hydrogens (tertiary/aromatic N) is 4. The molecule has 1 atom stereocenters. The fourth-order valence-corrected chi connectivity index (χ4v) is 3.40. The standard InChI is InChI=1S/C21H30N4/c1-4-5-13-24(3)21-22-19(18-11-7-6-8-12-18)15-20(23-21)25-14-9-10-17(2)16-25/h6-8,11-12,15,17H,4-5,9-10,13-14,16H2,1-3H3. The van der Waals surface area contributed by atoms with Crippen molar-refractivity contribution < 1.29 is 0 Å². The van der Waals surface area contributed by atoms with E-state index in [2.05, 4.69) is 61.0 Å². The van der Waals surface area contributed by atoms with E-state index in [1.165, 1.54) is 19.3 Å². The first-order valence-corrected chi connectivity index (χ1v) is 9.58. The van der Waals surface area contributed by atoms with E-state index in [0.717, 1.165) is 55.0 Å². The molecule has 134 valence electrons. The van der Waals surface area contributed by atoms with Crippen molar-refractivity contribution in [2.24, 2.45) is 5.92 Å². The highest BCUT2D eigenvalue weighted by Crippen LogP contribution is 2.27. The summed E-state index contributed by atoms with van der Waals surface area (Å²) in [6.45, 7) is 7.72. The van der Waals surface area contributed by atoms with E-state index in [4.69, 9.17) is 9.97 Å². The van der Waals surface area contributed by atoms with Crippen molar-refractivity contribution in [3.63, 3.8) is 0 Å². The zero-order valence-corrected chi connectivity index (χ0v) is 15.8. The van der Waals surface area contributed by atoms with Crippen molar-refractivity contribution in [1.82, 2.24) is 9.97 Å². The molecule has 0 spiro atoms. The van der Waals surface area contributed by atoms with Gasteiger partial charge in [-0.1, -0.05) is 50.6 Å². The van der Waals surface area contributed by atoms with Crippen LogP contribution in [0.5, 0.6) is 0 Å². The predicted molar refractivity (Wildman–Crippen MR) is 106 cm³/mol. The van der Waals surface area contributed by atoms with E-state index in [-0.39, 0.29) is 0 Å². The minimum absolute atomic E-state index is 0.727. The van der Waals surface area contributed by atoms with Crippen LogP contribution in [0, 0.1) is 5.92 Å². The topological polar surface area (TPSA) is 32.3 Å². The highest BCUT2D eigenvalue weighted by Gasteiger charge is 2.20. The Kier molecular flexibility index (Phi) is 5.90. The van der Waals surface area contributed by atoms with Crippen LogP contribution in [-0.2, 0) is 0 Å². The van der Waals surface area contributed by atoms with Crippen LogP contribution in [-0.4, -0.2) is 36.6 Å². The van der Waals surface area contributed by atoms with Crippen molar-refractivity contribution in [3.8, 4) is 11.3 Å². The molecule has 0 saturated carbocycles. The van der Waals surface area contributed by atoms with Gasteiger partial charge in [-0.3, -0.25) is 0 Å². The van der Waals surface area contributed by atoms with Crippen LogP contribution in [0.3, 0.4) is 0 Å². The van der Waals surface area contributed by atoms with Crippen molar-refractivity contribution in [1.29, 1.82) is 0 Å². The zero-order valence-electron chi connectivity index (χ0n) is 15.8. The quantitative estimate of drug-likeness (QED) is 0.769. The largest absolute Gasteiger partial charge is 0.356 e. The van der Waals surface area contributed by atoms with Gasteiger partial charge in [-0.15, -0.1) is 0 Å². The van der Waals surface area contributed by atoms with E-state index in [1.807, 2.05) is 6.07 Å². The van der Waals surface area contributed by atoms with Crippen LogP contribution >= 0.6 is 0 Å². The molecule has 1 unspecified atom stereocenters. The number of aromatic nitrogens is 2. The number of unbranched alkanes of at least 4 members (excludes halogenated alkanes) is 1. The van der Waals surface area contributed by atoms with Gasteiger partial charge in [-0.2, -0.15) is 4.98 Å². The lowest BCUT2D eigenvalue weighted by atomic mass is 10.0. The third-order valence-corrected chi connectivity index (χ3v) is 4.94. The average molecular weight is 338 g/mol. The maximum Gasteiger partial charge on any atom is 0.227 e. The predicted octanol–water partition coefficient (Wildman–Crippen LogP) is 4.62. The first-order valence-electron chi connectivity index (χ1n) is 9.58. The number of piperidine rings is 1. The molecular formula is C21H30N4. The second-order valence-electron chi connectivity index (χ2n) is 7.25. The Morgan fingerprint density at radius 1 is 1.20 bits per heavy atom. The molecule has 0 N–H and O–H groups in total. The molecule has 4 nitrogen and oxygen atoms in total. The van der Waals surface area contributed by atoms with Crippen molar-refractivity contribution >= 4 is 11.8 Å². The Balaban J connectivity index is 1.96. The summed E-state index contributed by atoms with van der Waals surface area (Å²) in [4.78, 5) is 14.4. The molecule has 0 aliphatic carbocycles. The molecule has 3 rings (SSSR count). The number of hydrogen-bond donors (Lipinski definition) is 0. The van der Waals surface area contributed by atoms with Gasteiger partial charge in [-0.05, 0) is 25.2 Å². The summed E-state index contributed by atoms with van der Waals surface area (Å²) >= 11 is 0. The Bertz CT molecular complexity index is 671. The number of anilines is 2. The van der Waals surface area contributed by atoms with E-state index in [9.17, 15) is 0 Å². The van der Waals surface area contributed by atoms with E-state index in [0.29, 0.717) is 0 Å². The van der Waals surface area contributed by atoms with E-state index < -0.39 is 0 Å². The van der Waals surface area contributed by atoms with Gasteiger partial charge in [-0.25, -0.2) is 4.98 Å². The molecule has 0 bridgehead atoms. The Morgan fingerprint density at radius 3 is 2.72 bits per heavy atom. The molecule has 0 amide bonds. The Morgan fingerprint density at radius 2 is 2.00 bits per heavy atom. The monoisotopic (exact) mass is 338 g/mol. The van der Waals surface area contributed by atoms with Crippen LogP contribution < -0.4 is 9.80 Å². The molecule has 2 aromatic rings. The molecule has 0 radical (unpaired) electrons. The van der Waals surface area contributed by atoms with Crippen molar-refractivity contribution in [2.75, 3.05) is 36.5 Å². The molecule has 4 heteroatoms. The van der Waals surface area contributed by atoms with Crippen LogP contribution in [0.25, 0.3) is 11.3 Å². The Hall–Kier alpha value is -2.10. The van der Waals surface area contributed by atoms with Crippen LogP contribution in [0.2, 0.25) is 0 Å². The molecule has 25 heavy (non-hydrogen) atoms. The summed E-state index contributed by atoms with van der Waals surface area (Å²) < 4.78 is 0. The lowest BCUT2D eigenvalue weighted by molar-refractivity contribution is 0.444. The summed E-state index contributed by atoms with van der Waals surface area (Å²) in [6, 6.07) is 12.6. The first kappa shape index (κ1) is 17.7. The molecule has 1 aromatic heterocycles. The first-order chi connectivity index (χ1) is 12.2. The van der Waals surface area contributed by atoms with Gasteiger partial charge in [0.05, 0.1) is 5.69 Å². The second kappa shape index (κ2) is 8.32. The number of rotatable bonds is 6. The van der Waals surface area contributed by atoms with Gasteiger partial charge in [0.15, 0.2) is 0 Å². The van der Waals surface area contributed by atoms with Crippen molar-refractivity contribution in [2.45, 2.75) is 39.5 Å². The maximum atomic E-state index is 4.91. The maximum absolute atomic E-state index is 4.91. The molecule has 1 saturated heterocycles. The summed E-state index contributed by atoms with van der Waals surface area (Å²) in [5.41, 5.74) is 2.17. The van der Waals surface area contributed by atoms with Crippen molar-refractivity contribution in [3.05, 3.63) is 36.4 Å². The average Bonchev–Trinajstić information content (AvgIpc) is 2.66. The SMILES string of the molecule is CCCCN(C)c1nc(-c2ccccc2)cc(N2CCCC(C)C2)n1. The van der Waals surface area contributed by atoms with E-state index >= 15 is 0 Å². The third kappa shape index (κ3) is 4.50. The fraction of sp³-hybridized carbons (Fsp3) is 0.524. The highest BCUT2D eigenvalue weighted by atomic mass is 15.3. The van der Waals surface area contributed by atoms with Gasteiger partial charge in [0, 0.05) is 38.3 Å². The number of benzene rings is 1. The van der Waals surface area contributed by atoms with Gasteiger partial charge in [0.25, 0.3) is 0 Å². The Labute approximate surface area is 151 Å². The summed E-state index contributed by atoms with van der Waals surface area (Å²) in [5.74, 6) is 2.63. The van der Waals surface area contributed by atoms with Crippen LogP contribution in [0.4, 0.5) is 11.8 Å². The molecule has 1 aliphatic heterocycles. The molecule has 1 aliphatic rings. The van der Waals surface area contributed by atoms with Gasteiger partial charge in [0.1, 0.15) is 5.82 Å².